The van der Waals surface area contributed by atoms with Crippen molar-refractivity contribution < 1.29 is 9.50 Å². The van der Waals surface area contributed by atoms with Crippen molar-refractivity contribution in [3.8, 4) is 0 Å². The van der Waals surface area contributed by atoms with Gasteiger partial charge in [0.15, 0.2) is 0 Å². The molecule has 1 aromatic rings. The summed E-state index contributed by atoms with van der Waals surface area (Å²) in [7, 11) is 0. The summed E-state index contributed by atoms with van der Waals surface area (Å²) in [5, 5.41) is 12.6. The van der Waals surface area contributed by atoms with Gasteiger partial charge < -0.3 is 10.4 Å². The third-order valence-corrected chi connectivity index (χ3v) is 3.83. The van der Waals surface area contributed by atoms with Crippen LogP contribution in [0.3, 0.4) is 0 Å². The van der Waals surface area contributed by atoms with Crippen molar-refractivity contribution in [2.75, 3.05) is 6.61 Å². The van der Waals surface area contributed by atoms with Gasteiger partial charge in [0.2, 0.25) is 0 Å². The summed E-state index contributed by atoms with van der Waals surface area (Å²) in [5.74, 6) is -0.142. The predicted octanol–water partition coefficient (Wildman–Crippen LogP) is 2.95. The van der Waals surface area contributed by atoms with Gasteiger partial charge in [0.1, 0.15) is 5.82 Å². The summed E-state index contributed by atoms with van der Waals surface area (Å²) in [6, 6.07) is 5.77. The fourth-order valence-electron chi connectivity index (χ4n) is 2.80. The molecule has 2 nitrogen and oxygen atoms in total. The van der Waals surface area contributed by atoms with Gasteiger partial charge in [-0.1, -0.05) is 13.0 Å². The van der Waals surface area contributed by atoms with Gasteiger partial charge in [0.05, 0.1) is 0 Å². The lowest BCUT2D eigenvalue weighted by atomic mass is 9.87. The zero-order valence-electron chi connectivity index (χ0n) is 11.0. The fourth-order valence-corrected chi connectivity index (χ4v) is 2.80. The molecule has 0 aliphatic heterocycles. The van der Waals surface area contributed by atoms with E-state index >= 15 is 0 Å². The van der Waals surface area contributed by atoms with Gasteiger partial charge >= 0.3 is 0 Å². The molecule has 2 rings (SSSR count). The molecule has 1 aromatic carbocycles. The highest BCUT2D eigenvalue weighted by Gasteiger charge is 2.22. The molecule has 2 N–H and O–H groups in total. The van der Waals surface area contributed by atoms with Gasteiger partial charge in [-0.2, -0.15) is 0 Å². The van der Waals surface area contributed by atoms with Crippen LogP contribution >= 0.6 is 0 Å². The minimum Gasteiger partial charge on any atom is -0.396 e. The van der Waals surface area contributed by atoms with Crippen LogP contribution in [0.2, 0.25) is 0 Å². The highest BCUT2D eigenvalue weighted by molar-refractivity contribution is 5.32. The Hall–Kier alpha value is -0.930. The predicted molar refractivity (Wildman–Crippen MR) is 71.0 cm³/mol. The van der Waals surface area contributed by atoms with E-state index in [2.05, 4.69) is 12.2 Å². The Morgan fingerprint density at radius 1 is 1.50 bits per heavy atom. The van der Waals surface area contributed by atoms with Crippen molar-refractivity contribution in [1.82, 2.24) is 5.32 Å². The lowest BCUT2D eigenvalue weighted by molar-refractivity contribution is 0.252. The molecule has 0 spiro atoms. The van der Waals surface area contributed by atoms with Crippen LogP contribution in [0.4, 0.5) is 4.39 Å². The summed E-state index contributed by atoms with van der Waals surface area (Å²) in [5.41, 5.74) is 2.37. The lowest BCUT2D eigenvalue weighted by Crippen LogP contribution is -2.35. The number of aliphatic hydroxyl groups is 1. The van der Waals surface area contributed by atoms with Crippen molar-refractivity contribution in [1.29, 1.82) is 0 Å². The smallest absolute Gasteiger partial charge is 0.123 e. The zero-order chi connectivity index (χ0) is 13.0. The van der Waals surface area contributed by atoms with E-state index in [0.29, 0.717) is 12.1 Å². The number of nitrogens with one attached hydrogen (secondary N) is 1. The molecule has 0 radical (unpaired) electrons. The Morgan fingerprint density at radius 3 is 3.06 bits per heavy atom. The normalized spacial score (nSPS) is 20.5. The maximum atomic E-state index is 13.2. The van der Waals surface area contributed by atoms with Crippen molar-refractivity contribution in [3.63, 3.8) is 0 Å². The van der Waals surface area contributed by atoms with E-state index in [1.54, 1.807) is 12.1 Å². The van der Waals surface area contributed by atoms with Gasteiger partial charge in [-0.05, 0) is 55.4 Å². The number of fused-ring (bicyclic) bond motifs is 1. The van der Waals surface area contributed by atoms with Crippen LogP contribution in [-0.4, -0.2) is 17.8 Å². The topological polar surface area (TPSA) is 32.3 Å². The SMILES string of the molecule is CCC(CCO)NC1CCCc2cc(F)ccc21. The van der Waals surface area contributed by atoms with E-state index < -0.39 is 0 Å². The van der Waals surface area contributed by atoms with Crippen LogP contribution in [0.15, 0.2) is 18.2 Å². The number of benzene rings is 1. The highest BCUT2D eigenvalue weighted by Crippen LogP contribution is 2.30. The second kappa shape index (κ2) is 6.30. The van der Waals surface area contributed by atoms with E-state index in [9.17, 15) is 4.39 Å². The standard InChI is InChI=1S/C15H22FNO/c1-2-13(8-9-18)17-15-5-3-4-11-10-12(16)6-7-14(11)15/h6-7,10,13,15,17-18H,2-5,8-9H2,1H3. The highest BCUT2D eigenvalue weighted by atomic mass is 19.1. The molecule has 1 aliphatic rings. The summed E-state index contributed by atoms with van der Waals surface area (Å²) in [4.78, 5) is 0. The number of hydrogen-bond acceptors (Lipinski definition) is 2. The number of hydrogen-bond donors (Lipinski definition) is 2. The van der Waals surface area contributed by atoms with Crippen molar-refractivity contribution >= 4 is 0 Å². The quantitative estimate of drug-likeness (QED) is 0.843. The number of rotatable bonds is 5. The number of aliphatic hydroxyl groups excluding tert-OH is 1. The fraction of sp³-hybridized carbons (Fsp3) is 0.600. The van der Waals surface area contributed by atoms with Gasteiger partial charge in [-0.25, -0.2) is 4.39 Å². The van der Waals surface area contributed by atoms with Gasteiger partial charge in [-0.15, -0.1) is 0 Å². The zero-order valence-corrected chi connectivity index (χ0v) is 11.0. The van der Waals surface area contributed by atoms with Crippen LogP contribution in [-0.2, 0) is 6.42 Å². The molecule has 18 heavy (non-hydrogen) atoms. The van der Waals surface area contributed by atoms with Gasteiger partial charge in [0, 0.05) is 18.7 Å². The lowest BCUT2D eigenvalue weighted by Gasteiger charge is -2.30. The number of aryl methyl sites for hydroxylation is 1. The summed E-state index contributed by atoms with van der Waals surface area (Å²) >= 11 is 0. The largest absolute Gasteiger partial charge is 0.396 e. The Balaban J connectivity index is 2.12. The van der Waals surface area contributed by atoms with Crippen LogP contribution in [0.1, 0.15) is 49.8 Å². The Labute approximate surface area is 108 Å². The third-order valence-electron chi connectivity index (χ3n) is 3.83. The third kappa shape index (κ3) is 3.09. The first-order valence-corrected chi connectivity index (χ1v) is 6.89. The van der Waals surface area contributed by atoms with Crippen molar-refractivity contribution in [2.45, 2.75) is 51.1 Å². The summed E-state index contributed by atoms with van der Waals surface area (Å²) in [6.45, 7) is 2.34. The van der Waals surface area contributed by atoms with E-state index in [-0.39, 0.29) is 12.4 Å². The Kier molecular flexibility index (Phi) is 4.72. The molecule has 3 heteroatoms. The molecule has 0 amide bonds. The molecule has 2 atom stereocenters. The molecule has 100 valence electrons. The molecular weight excluding hydrogens is 229 g/mol. The van der Waals surface area contributed by atoms with E-state index in [0.717, 1.165) is 37.7 Å². The van der Waals surface area contributed by atoms with Crippen LogP contribution in [0, 0.1) is 5.82 Å². The van der Waals surface area contributed by atoms with E-state index in [1.165, 1.54) is 5.56 Å². The van der Waals surface area contributed by atoms with E-state index in [1.807, 2.05) is 6.07 Å². The number of halogens is 1. The molecule has 0 aromatic heterocycles. The van der Waals surface area contributed by atoms with Gasteiger partial charge in [-0.3, -0.25) is 0 Å². The summed E-state index contributed by atoms with van der Waals surface area (Å²) < 4.78 is 13.2. The first-order chi connectivity index (χ1) is 8.74. The first-order valence-electron chi connectivity index (χ1n) is 6.89. The molecular formula is C15H22FNO. The van der Waals surface area contributed by atoms with Crippen LogP contribution in [0.5, 0.6) is 0 Å². The molecule has 0 saturated heterocycles. The second-order valence-electron chi connectivity index (χ2n) is 5.07. The Morgan fingerprint density at radius 2 is 2.33 bits per heavy atom. The minimum absolute atomic E-state index is 0.142. The van der Waals surface area contributed by atoms with E-state index in [4.69, 9.17) is 5.11 Å². The van der Waals surface area contributed by atoms with Crippen LogP contribution < -0.4 is 5.32 Å². The second-order valence-corrected chi connectivity index (χ2v) is 5.07. The monoisotopic (exact) mass is 251 g/mol. The molecule has 2 unspecified atom stereocenters. The molecule has 0 fully saturated rings. The molecule has 0 saturated carbocycles. The first kappa shape index (κ1) is 13.5. The molecule has 1 aliphatic carbocycles. The summed E-state index contributed by atoms with van der Waals surface area (Å²) in [6.07, 6.45) is 4.96. The average molecular weight is 251 g/mol. The van der Waals surface area contributed by atoms with Crippen LogP contribution in [0.25, 0.3) is 0 Å². The maximum absolute atomic E-state index is 13.2. The van der Waals surface area contributed by atoms with Crippen molar-refractivity contribution in [2.24, 2.45) is 0 Å². The van der Waals surface area contributed by atoms with Gasteiger partial charge in [0.25, 0.3) is 0 Å². The minimum atomic E-state index is -0.142. The van der Waals surface area contributed by atoms with Crippen molar-refractivity contribution in [3.05, 3.63) is 35.1 Å². The molecule has 0 heterocycles. The maximum Gasteiger partial charge on any atom is 0.123 e. The average Bonchev–Trinajstić information content (AvgIpc) is 2.38. The molecule has 0 bridgehead atoms. The Bertz CT molecular complexity index is 394.